The smallest absolute Gasteiger partial charge is 0.233 e. The maximum absolute atomic E-state index is 12.7. The summed E-state index contributed by atoms with van der Waals surface area (Å²) in [6, 6.07) is 9.99. The minimum Gasteiger partial charge on any atom is -0.495 e. The third-order valence-corrected chi connectivity index (χ3v) is 7.04. The first-order chi connectivity index (χ1) is 15.1. The van der Waals surface area contributed by atoms with Crippen LogP contribution in [0.2, 0.25) is 0 Å². The van der Waals surface area contributed by atoms with E-state index in [1.54, 1.807) is 18.4 Å². The SMILES string of the molecule is COc1ccc(C)cc1-n1c(S[C@H](C)C(=O)NC[C@H]2CCCO2)nnc1-c1cccs1. The van der Waals surface area contributed by atoms with E-state index in [1.165, 1.54) is 11.8 Å². The van der Waals surface area contributed by atoms with Gasteiger partial charge in [0, 0.05) is 13.2 Å². The Bertz CT molecular complexity index is 1030. The van der Waals surface area contributed by atoms with Crippen LogP contribution in [0, 0.1) is 6.92 Å². The number of thioether (sulfide) groups is 1. The third kappa shape index (κ3) is 4.94. The van der Waals surface area contributed by atoms with Gasteiger partial charge in [-0.25, -0.2) is 0 Å². The lowest BCUT2D eigenvalue weighted by atomic mass is 10.2. The van der Waals surface area contributed by atoms with Crippen molar-refractivity contribution in [3.8, 4) is 22.1 Å². The normalized spacial score (nSPS) is 16.9. The standard InChI is InChI=1S/C22H26N4O3S2/c1-14-8-9-18(28-3)17(12-14)26-20(19-7-5-11-30-19)24-25-22(26)31-15(2)21(27)23-13-16-6-4-10-29-16/h5,7-9,11-12,15-16H,4,6,10,13H2,1-3H3,(H,23,27)/t15-,16-/m1/s1. The van der Waals surface area contributed by atoms with E-state index in [0.29, 0.717) is 11.7 Å². The first-order valence-electron chi connectivity index (χ1n) is 10.3. The topological polar surface area (TPSA) is 78.3 Å². The second kappa shape index (κ2) is 9.84. The molecule has 7 nitrogen and oxygen atoms in total. The van der Waals surface area contributed by atoms with Crippen LogP contribution in [0.3, 0.4) is 0 Å². The lowest BCUT2D eigenvalue weighted by Crippen LogP contribution is -2.36. The number of methoxy groups -OCH3 is 1. The summed E-state index contributed by atoms with van der Waals surface area (Å²) in [5, 5.41) is 14.2. The second-order valence-electron chi connectivity index (χ2n) is 7.43. The van der Waals surface area contributed by atoms with Crippen LogP contribution in [0.5, 0.6) is 5.75 Å². The molecular formula is C22H26N4O3S2. The molecule has 1 aliphatic heterocycles. The van der Waals surface area contributed by atoms with Crippen molar-refractivity contribution in [1.29, 1.82) is 0 Å². The molecule has 1 fully saturated rings. The Morgan fingerprint density at radius 3 is 3.00 bits per heavy atom. The van der Waals surface area contributed by atoms with Gasteiger partial charge in [-0.1, -0.05) is 23.9 Å². The Kier molecular flexibility index (Phi) is 6.94. The fraction of sp³-hybridized carbons (Fsp3) is 0.409. The van der Waals surface area contributed by atoms with Crippen LogP contribution < -0.4 is 10.1 Å². The van der Waals surface area contributed by atoms with Crippen molar-refractivity contribution in [3.05, 3.63) is 41.3 Å². The Morgan fingerprint density at radius 2 is 2.29 bits per heavy atom. The number of nitrogens with one attached hydrogen (secondary N) is 1. The van der Waals surface area contributed by atoms with Crippen molar-refractivity contribution in [3.63, 3.8) is 0 Å². The Balaban J connectivity index is 1.62. The monoisotopic (exact) mass is 458 g/mol. The molecule has 0 unspecified atom stereocenters. The van der Waals surface area contributed by atoms with Crippen LogP contribution in [0.4, 0.5) is 0 Å². The van der Waals surface area contributed by atoms with Crippen molar-refractivity contribution in [2.45, 2.75) is 43.2 Å². The second-order valence-corrected chi connectivity index (χ2v) is 9.69. The molecule has 1 amide bonds. The molecule has 1 N–H and O–H groups in total. The highest BCUT2D eigenvalue weighted by atomic mass is 32.2. The number of nitrogens with zero attached hydrogens (tertiary/aromatic N) is 3. The number of carbonyl (C=O) groups is 1. The van der Waals surface area contributed by atoms with E-state index in [1.807, 2.05) is 54.1 Å². The number of carbonyl (C=O) groups excluding carboxylic acids is 1. The van der Waals surface area contributed by atoms with Crippen LogP contribution in [0.15, 0.2) is 40.9 Å². The number of ether oxygens (including phenoxy) is 2. The van der Waals surface area contributed by atoms with Gasteiger partial charge in [-0.2, -0.15) is 0 Å². The van der Waals surface area contributed by atoms with Gasteiger partial charge >= 0.3 is 0 Å². The molecule has 2 atom stereocenters. The molecule has 0 spiro atoms. The largest absolute Gasteiger partial charge is 0.495 e. The Labute approximate surface area is 190 Å². The molecule has 4 rings (SSSR count). The van der Waals surface area contributed by atoms with E-state index < -0.39 is 0 Å². The van der Waals surface area contributed by atoms with Gasteiger partial charge in [0.05, 0.1) is 29.0 Å². The van der Waals surface area contributed by atoms with Crippen LogP contribution in [0.25, 0.3) is 16.4 Å². The molecule has 0 saturated carbocycles. The predicted molar refractivity (Wildman–Crippen MR) is 123 cm³/mol. The van der Waals surface area contributed by atoms with Gasteiger partial charge in [0.2, 0.25) is 5.91 Å². The summed E-state index contributed by atoms with van der Waals surface area (Å²) in [6.45, 7) is 5.24. The number of aromatic nitrogens is 3. The minimum atomic E-state index is -0.337. The molecule has 2 aromatic heterocycles. The zero-order chi connectivity index (χ0) is 21.8. The molecule has 164 valence electrons. The van der Waals surface area contributed by atoms with Crippen molar-refractivity contribution >= 4 is 29.0 Å². The van der Waals surface area contributed by atoms with Gasteiger partial charge in [-0.15, -0.1) is 21.5 Å². The zero-order valence-corrected chi connectivity index (χ0v) is 19.5. The van der Waals surface area contributed by atoms with E-state index in [-0.39, 0.29) is 17.3 Å². The average Bonchev–Trinajstić information content (AvgIpc) is 3.53. The van der Waals surface area contributed by atoms with Crippen molar-refractivity contribution in [2.75, 3.05) is 20.3 Å². The fourth-order valence-electron chi connectivity index (χ4n) is 3.48. The zero-order valence-electron chi connectivity index (χ0n) is 17.8. The molecule has 9 heteroatoms. The van der Waals surface area contributed by atoms with E-state index in [0.717, 1.165) is 47.2 Å². The summed E-state index contributed by atoms with van der Waals surface area (Å²) in [5.41, 5.74) is 1.95. The van der Waals surface area contributed by atoms with Crippen LogP contribution in [-0.4, -0.2) is 52.3 Å². The van der Waals surface area contributed by atoms with Gasteiger partial charge in [0.25, 0.3) is 0 Å². The summed E-state index contributed by atoms with van der Waals surface area (Å²) in [5.74, 6) is 1.41. The average molecular weight is 459 g/mol. The minimum absolute atomic E-state index is 0.0380. The van der Waals surface area contributed by atoms with Crippen molar-refractivity contribution < 1.29 is 14.3 Å². The highest BCUT2D eigenvalue weighted by Crippen LogP contribution is 2.35. The highest BCUT2D eigenvalue weighted by molar-refractivity contribution is 8.00. The molecule has 0 aliphatic carbocycles. The molecule has 1 saturated heterocycles. The van der Waals surface area contributed by atoms with Crippen molar-refractivity contribution in [2.24, 2.45) is 0 Å². The maximum Gasteiger partial charge on any atom is 0.233 e. The van der Waals surface area contributed by atoms with E-state index in [4.69, 9.17) is 9.47 Å². The summed E-state index contributed by atoms with van der Waals surface area (Å²) in [6.07, 6.45) is 2.16. The summed E-state index contributed by atoms with van der Waals surface area (Å²) >= 11 is 2.98. The summed E-state index contributed by atoms with van der Waals surface area (Å²) < 4.78 is 13.2. The van der Waals surface area contributed by atoms with Crippen LogP contribution in [0.1, 0.15) is 25.3 Å². The quantitative estimate of drug-likeness (QED) is 0.512. The Morgan fingerprint density at radius 1 is 1.42 bits per heavy atom. The molecule has 1 aliphatic rings. The van der Waals surface area contributed by atoms with Gasteiger partial charge < -0.3 is 14.8 Å². The van der Waals surface area contributed by atoms with Gasteiger partial charge in [0.1, 0.15) is 5.75 Å². The maximum atomic E-state index is 12.7. The summed E-state index contributed by atoms with van der Waals surface area (Å²) in [4.78, 5) is 13.7. The first-order valence-corrected chi connectivity index (χ1v) is 12.0. The summed E-state index contributed by atoms with van der Waals surface area (Å²) in [7, 11) is 1.65. The van der Waals surface area contributed by atoms with Crippen LogP contribution in [-0.2, 0) is 9.53 Å². The molecule has 31 heavy (non-hydrogen) atoms. The first kappa shape index (κ1) is 21.9. The van der Waals surface area contributed by atoms with Crippen molar-refractivity contribution in [1.82, 2.24) is 20.1 Å². The van der Waals surface area contributed by atoms with E-state index in [9.17, 15) is 4.79 Å². The van der Waals surface area contributed by atoms with Gasteiger partial charge in [-0.3, -0.25) is 9.36 Å². The highest BCUT2D eigenvalue weighted by Gasteiger charge is 2.25. The number of rotatable bonds is 8. The third-order valence-electron chi connectivity index (χ3n) is 5.13. The molecule has 0 radical (unpaired) electrons. The van der Waals surface area contributed by atoms with Gasteiger partial charge in [-0.05, 0) is 55.8 Å². The molecule has 0 bridgehead atoms. The van der Waals surface area contributed by atoms with E-state index in [2.05, 4.69) is 15.5 Å². The lowest BCUT2D eigenvalue weighted by Gasteiger charge is -2.17. The number of hydrogen-bond acceptors (Lipinski definition) is 7. The molecule has 3 aromatic rings. The lowest BCUT2D eigenvalue weighted by molar-refractivity contribution is -0.120. The number of benzene rings is 1. The number of amides is 1. The van der Waals surface area contributed by atoms with Crippen LogP contribution >= 0.6 is 23.1 Å². The number of hydrogen-bond donors (Lipinski definition) is 1. The fourth-order valence-corrected chi connectivity index (χ4v) is 5.06. The van der Waals surface area contributed by atoms with Gasteiger partial charge in [0.15, 0.2) is 11.0 Å². The molecule has 3 heterocycles. The van der Waals surface area contributed by atoms with E-state index >= 15 is 0 Å². The Hall–Kier alpha value is -2.36. The number of thiophene rings is 1. The predicted octanol–water partition coefficient (Wildman–Crippen LogP) is 4.09. The molecule has 1 aromatic carbocycles. The number of aryl methyl sites for hydroxylation is 1. The molecular weight excluding hydrogens is 432 g/mol.